The van der Waals surface area contributed by atoms with Crippen molar-refractivity contribution >= 4 is 11.8 Å². The minimum Gasteiger partial charge on any atom is -0.193 e. The molecule has 0 spiro atoms. The Morgan fingerprint density at radius 2 is 2.71 bits per heavy atom. The summed E-state index contributed by atoms with van der Waals surface area (Å²) in [4.78, 5) is 0. The van der Waals surface area contributed by atoms with Crippen LogP contribution in [0.3, 0.4) is 0 Å². The summed E-state index contributed by atoms with van der Waals surface area (Å²) in [6.07, 6.45) is 0.918. The van der Waals surface area contributed by atoms with Crippen LogP contribution in [0.1, 0.15) is 6.42 Å². The fourth-order valence-electron chi connectivity index (χ4n) is 0.421. The normalized spacial score (nSPS) is 18.4. The molecule has 0 atom stereocenters. The Bertz CT molecular complexity index is 132. The summed E-state index contributed by atoms with van der Waals surface area (Å²) in [5.74, 6) is 1.04. The predicted octanol–water partition coefficient (Wildman–Crippen LogP) is 1.33. The summed E-state index contributed by atoms with van der Waals surface area (Å²) in [6.45, 7) is 0. The molecule has 0 amide bonds. The smallest absolute Gasteiger partial charge is 0.0959 e. The molecule has 0 bridgehead atoms. The lowest BCUT2D eigenvalue weighted by Gasteiger charge is -1.75. The van der Waals surface area contributed by atoms with Gasteiger partial charge in [-0.2, -0.15) is 5.26 Å². The lowest BCUT2D eigenvalue weighted by molar-refractivity contribution is 1.20. The number of rotatable bonds is 0. The van der Waals surface area contributed by atoms with Gasteiger partial charge in [0.2, 0.25) is 0 Å². The first-order valence-corrected chi connectivity index (χ1v) is 3.06. The molecule has 1 aliphatic heterocycles. The molecule has 0 aromatic carbocycles. The van der Waals surface area contributed by atoms with E-state index in [1.54, 1.807) is 11.8 Å². The molecule has 0 aromatic rings. The van der Waals surface area contributed by atoms with E-state index in [1.165, 1.54) is 0 Å². The first-order valence-electron chi connectivity index (χ1n) is 2.07. The average Bonchev–Trinajstić information content (AvgIpc) is 2.14. The SMILES string of the molecule is N#CC1=[C]SCC1. The van der Waals surface area contributed by atoms with Gasteiger partial charge in [-0.15, -0.1) is 11.8 Å². The number of thioether (sulfide) groups is 1. The topological polar surface area (TPSA) is 23.8 Å². The van der Waals surface area contributed by atoms with Crippen molar-refractivity contribution in [1.29, 1.82) is 5.26 Å². The van der Waals surface area contributed by atoms with E-state index in [2.05, 4.69) is 5.41 Å². The van der Waals surface area contributed by atoms with Crippen LogP contribution in [-0.4, -0.2) is 5.75 Å². The van der Waals surface area contributed by atoms with Gasteiger partial charge in [0.05, 0.1) is 6.07 Å². The monoisotopic (exact) mass is 110 g/mol. The highest BCUT2D eigenvalue weighted by Gasteiger charge is 2.01. The summed E-state index contributed by atoms with van der Waals surface area (Å²) in [5.41, 5.74) is 0.810. The molecule has 0 aliphatic carbocycles. The third-order valence-corrected chi connectivity index (χ3v) is 1.58. The maximum atomic E-state index is 8.20. The number of nitrogens with zero attached hydrogens (tertiary/aromatic N) is 1. The molecule has 1 rings (SSSR count). The lowest BCUT2D eigenvalue weighted by atomic mass is 10.3. The van der Waals surface area contributed by atoms with Crippen LogP contribution in [0.25, 0.3) is 0 Å². The second-order valence-electron chi connectivity index (χ2n) is 1.29. The largest absolute Gasteiger partial charge is 0.193 e. The van der Waals surface area contributed by atoms with Crippen molar-refractivity contribution in [1.82, 2.24) is 0 Å². The Balaban J connectivity index is 2.57. The van der Waals surface area contributed by atoms with Crippen LogP contribution in [0.15, 0.2) is 5.57 Å². The molecule has 35 valence electrons. The minimum atomic E-state index is 0.810. The lowest BCUT2D eigenvalue weighted by Crippen LogP contribution is -1.69. The quantitative estimate of drug-likeness (QED) is 0.469. The van der Waals surface area contributed by atoms with Gasteiger partial charge >= 0.3 is 0 Å². The molecular weight excluding hydrogens is 106 g/mol. The second-order valence-corrected chi connectivity index (χ2v) is 2.19. The molecule has 7 heavy (non-hydrogen) atoms. The van der Waals surface area contributed by atoms with Crippen LogP contribution in [0.4, 0.5) is 0 Å². The Labute approximate surface area is 47.0 Å². The molecule has 1 radical (unpaired) electrons. The van der Waals surface area contributed by atoms with E-state index in [9.17, 15) is 0 Å². The molecule has 0 unspecified atom stereocenters. The molecule has 0 saturated carbocycles. The summed E-state index contributed by atoms with van der Waals surface area (Å²) < 4.78 is 0. The van der Waals surface area contributed by atoms with Gasteiger partial charge in [-0.3, -0.25) is 0 Å². The van der Waals surface area contributed by atoms with Crippen LogP contribution < -0.4 is 0 Å². The number of allylic oxidation sites excluding steroid dienone is 1. The standard InChI is InChI=1S/C5H4NS/c6-3-5-1-2-7-4-5/h1-2H2. The van der Waals surface area contributed by atoms with Gasteiger partial charge in [-0.1, -0.05) is 0 Å². The number of nitriles is 1. The van der Waals surface area contributed by atoms with Crippen LogP contribution >= 0.6 is 11.8 Å². The van der Waals surface area contributed by atoms with Gasteiger partial charge in [0.15, 0.2) is 0 Å². The minimum absolute atomic E-state index is 0.810. The fourth-order valence-corrected chi connectivity index (χ4v) is 1.15. The molecular formula is C5H4NS. The van der Waals surface area contributed by atoms with E-state index in [-0.39, 0.29) is 0 Å². The van der Waals surface area contributed by atoms with E-state index >= 15 is 0 Å². The zero-order chi connectivity index (χ0) is 5.11. The Kier molecular flexibility index (Phi) is 1.38. The van der Waals surface area contributed by atoms with E-state index < -0.39 is 0 Å². The average molecular weight is 110 g/mol. The highest BCUT2D eigenvalue weighted by Crippen LogP contribution is 2.18. The van der Waals surface area contributed by atoms with Crippen LogP contribution in [0.2, 0.25) is 0 Å². The van der Waals surface area contributed by atoms with Gasteiger partial charge in [0.25, 0.3) is 0 Å². The highest BCUT2D eigenvalue weighted by molar-refractivity contribution is 8.01. The van der Waals surface area contributed by atoms with Crippen molar-refractivity contribution in [3.05, 3.63) is 11.0 Å². The van der Waals surface area contributed by atoms with Gasteiger partial charge in [0.1, 0.15) is 0 Å². The van der Waals surface area contributed by atoms with Crippen molar-refractivity contribution < 1.29 is 0 Å². The number of hydrogen-bond acceptors (Lipinski definition) is 2. The number of hydrogen-bond donors (Lipinski definition) is 0. The zero-order valence-corrected chi connectivity index (χ0v) is 4.59. The van der Waals surface area contributed by atoms with Crippen LogP contribution in [0, 0.1) is 16.7 Å². The van der Waals surface area contributed by atoms with E-state index in [4.69, 9.17) is 5.26 Å². The maximum Gasteiger partial charge on any atom is 0.0959 e. The third-order valence-electron chi connectivity index (χ3n) is 0.784. The Morgan fingerprint density at radius 1 is 1.86 bits per heavy atom. The fraction of sp³-hybridized carbons (Fsp3) is 0.400. The van der Waals surface area contributed by atoms with Gasteiger partial charge in [-0.25, -0.2) is 0 Å². The van der Waals surface area contributed by atoms with E-state index in [0.29, 0.717) is 0 Å². The van der Waals surface area contributed by atoms with E-state index in [0.717, 1.165) is 17.7 Å². The van der Waals surface area contributed by atoms with Crippen molar-refractivity contribution in [2.75, 3.05) is 5.75 Å². The summed E-state index contributed by atoms with van der Waals surface area (Å²) >= 11 is 1.60. The highest BCUT2D eigenvalue weighted by atomic mass is 32.2. The third kappa shape index (κ3) is 0.971. The van der Waals surface area contributed by atoms with Crippen LogP contribution in [0.5, 0.6) is 0 Å². The van der Waals surface area contributed by atoms with E-state index in [1.807, 2.05) is 6.07 Å². The maximum absolute atomic E-state index is 8.20. The van der Waals surface area contributed by atoms with Crippen molar-refractivity contribution in [3.63, 3.8) is 0 Å². The molecule has 0 fully saturated rings. The van der Waals surface area contributed by atoms with Gasteiger partial charge < -0.3 is 0 Å². The molecule has 0 N–H and O–H groups in total. The van der Waals surface area contributed by atoms with Gasteiger partial charge in [-0.05, 0) is 6.42 Å². The summed E-state index contributed by atoms with van der Waals surface area (Å²) in [6, 6.07) is 2.05. The predicted molar refractivity (Wildman–Crippen MR) is 29.4 cm³/mol. The zero-order valence-electron chi connectivity index (χ0n) is 3.77. The second kappa shape index (κ2) is 2.04. The molecule has 1 aliphatic rings. The van der Waals surface area contributed by atoms with Gasteiger partial charge in [0, 0.05) is 16.7 Å². The molecule has 0 aromatic heterocycles. The Hall–Kier alpha value is -0.420. The summed E-state index contributed by atoms with van der Waals surface area (Å²) in [7, 11) is 0. The Morgan fingerprint density at radius 3 is 3.00 bits per heavy atom. The van der Waals surface area contributed by atoms with Crippen molar-refractivity contribution in [2.45, 2.75) is 6.42 Å². The molecule has 0 saturated heterocycles. The first kappa shape index (κ1) is 4.73. The molecule has 1 nitrogen and oxygen atoms in total. The van der Waals surface area contributed by atoms with Crippen molar-refractivity contribution in [3.8, 4) is 6.07 Å². The molecule has 2 heteroatoms. The van der Waals surface area contributed by atoms with Crippen LogP contribution in [-0.2, 0) is 0 Å². The first-order chi connectivity index (χ1) is 3.43. The molecule has 1 heterocycles. The van der Waals surface area contributed by atoms with Crippen molar-refractivity contribution in [2.24, 2.45) is 0 Å². The summed E-state index contributed by atoms with van der Waals surface area (Å²) in [5, 5.41) is 11.1.